The Balaban J connectivity index is 0.00000341. The van der Waals surface area contributed by atoms with Gasteiger partial charge in [0.1, 0.15) is 12.4 Å². The van der Waals surface area contributed by atoms with Crippen LogP contribution in [0.5, 0.6) is 11.5 Å². The molecule has 0 aromatic heterocycles. The maximum absolute atomic E-state index is 13.2. The monoisotopic (exact) mass is 444 g/mol. The van der Waals surface area contributed by atoms with Crippen molar-refractivity contribution in [2.45, 2.75) is 13.2 Å². The summed E-state index contributed by atoms with van der Waals surface area (Å²) in [6.45, 7) is 1.48. The number of hydrogen-bond acceptors (Lipinski definition) is 4. The molecular formula is C24H26ClFN2O3. The molecule has 0 aliphatic heterocycles. The highest BCUT2D eigenvalue weighted by Gasteiger charge is 2.17. The van der Waals surface area contributed by atoms with E-state index in [1.807, 2.05) is 48.5 Å². The zero-order valence-electron chi connectivity index (χ0n) is 17.3. The standard InChI is InChI=1S/C24H25FN2O3.ClH/c1-29-23-15-19(7-12-22(23)30-17-18-5-3-2-4-6-18)16-27(14-13-26)24(28)20-8-10-21(25)11-9-20;/h2-12,15H,13-14,16-17,26H2,1H3;1H. The number of nitrogens with two attached hydrogens (primary N) is 1. The van der Waals surface area contributed by atoms with Gasteiger partial charge < -0.3 is 20.1 Å². The first-order valence-corrected chi connectivity index (χ1v) is 9.69. The number of halogens is 2. The zero-order valence-corrected chi connectivity index (χ0v) is 18.1. The summed E-state index contributed by atoms with van der Waals surface area (Å²) in [5.74, 6) is 0.627. The normalized spacial score (nSPS) is 10.2. The minimum absolute atomic E-state index is 0. The van der Waals surface area contributed by atoms with Crippen molar-refractivity contribution in [3.8, 4) is 11.5 Å². The molecule has 0 aliphatic rings. The molecule has 0 unspecified atom stereocenters. The number of ether oxygens (including phenoxy) is 2. The average Bonchev–Trinajstić information content (AvgIpc) is 2.78. The first-order valence-electron chi connectivity index (χ1n) is 9.69. The van der Waals surface area contributed by atoms with Crippen LogP contribution >= 0.6 is 12.4 Å². The smallest absolute Gasteiger partial charge is 0.254 e. The van der Waals surface area contributed by atoms with Gasteiger partial charge >= 0.3 is 0 Å². The van der Waals surface area contributed by atoms with E-state index in [4.69, 9.17) is 15.2 Å². The second-order valence-corrected chi connectivity index (χ2v) is 6.78. The summed E-state index contributed by atoms with van der Waals surface area (Å²) in [7, 11) is 1.58. The fourth-order valence-electron chi connectivity index (χ4n) is 3.07. The van der Waals surface area contributed by atoms with Crippen LogP contribution in [0.1, 0.15) is 21.5 Å². The van der Waals surface area contributed by atoms with E-state index in [1.54, 1.807) is 12.0 Å². The van der Waals surface area contributed by atoms with Gasteiger partial charge in [-0.3, -0.25) is 4.79 Å². The third-order valence-electron chi connectivity index (χ3n) is 4.62. The summed E-state index contributed by atoms with van der Waals surface area (Å²) >= 11 is 0. The van der Waals surface area contributed by atoms with E-state index >= 15 is 0 Å². The van der Waals surface area contributed by atoms with Crippen LogP contribution in [0, 0.1) is 5.82 Å². The molecule has 5 nitrogen and oxygen atoms in total. The van der Waals surface area contributed by atoms with Crippen molar-refractivity contribution in [1.29, 1.82) is 0 Å². The molecule has 0 spiro atoms. The molecule has 0 bridgehead atoms. The van der Waals surface area contributed by atoms with E-state index in [2.05, 4.69) is 0 Å². The van der Waals surface area contributed by atoms with Crippen molar-refractivity contribution < 1.29 is 18.7 Å². The van der Waals surface area contributed by atoms with Gasteiger partial charge in [-0.15, -0.1) is 12.4 Å². The number of nitrogens with zero attached hydrogens (tertiary/aromatic N) is 1. The SMILES string of the molecule is COc1cc(CN(CCN)C(=O)c2ccc(F)cc2)ccc1OCc1ccccc1.Cl. The van der Waals surface area contributed by atoms with Gasteiger partial charge in [0.05, 0.1) is 7.11 Å². The molecule has 0 saturated heterocycles. The highest BCUT2D eigenvalue weighted by Crippen LogP contribution is 2.29. The summed E-state index contributed by atoms with van der Waals surface area (Å²) in [6.07, 6.45) is 0. The average molecular weight is 445 g/mol. The molecule has 0 atom stereocenters. The maximum Gasteiger partial charge on any atom is 0.254 e. The summed E-state index contributed by atoms with van der Waals surface area (Å²) in [5.41, 5.74) is 8.05. The number of benzene rings is 3. The topological polar surface area (TPSA) is 64.8 Å². The molecule has 3 aromatic rings. The number of carbonyl (C=O) groups is 1. The summed E-state index contributed by atoms with van der Waals surface area (Å²) in [6, 6.07) is 20.9. The van der Waals surface area contributed by atoms with Gasteiger partial charge in [0.2, 0.25) is 0 Å². The fraction of sp³-hybridized carbons (Fsp3) is 0.208. The van der Waals surface area contributed by atoms with Crippen molar-refractivity contribution in [3.05, 3.63) is 95.3 Å². The van der Waals surface area contributed by atoms with Crippen molar-refractivity contribution in [1.82, 2.24) is 4.90 Å². The van der Waals surface area contributed by atoms with Gasteiger partial charge in [-0.1, -0.05) is 36.4 Å². The Morgan fingerprint density at radius 3 is 2.32 bits per heavy atom. The Morgan fingerprint density at radius 1 is 0.968 bits per heavy atom. The Kier molecular flexibility index (Phi) is 9.31. The quantitative estimate of drug-likeness (QED) is 0.530. The molecule has 2 N–H and O–H groups in total. The molecule has 0 heterocycles. The molecular weight excluding hydrogens is 419 g/mol. The lowest BCUT2D eigenvalue weighted by molar-refractivity contribution is 0.0748. The molecule has 7 heteroatoms. The lowest BCUT2D eigenvalue weighted by Crippen LogP contribution is -2.34. The van der Waals surface area contributed by atoms with Crippen molar-refractivity contribution in [3.63, 3.8) is 0 Å². The summed E-state index contributed by atoms with van der Waals surface area (Å²) in [4.78, 5) is 14.5. The molecule has 0 radical (unpaired) electrons. The van der Waals surface area contributed by atoms with Crippen LogP contribution in [-0.2, 0) is 13.2 Å². The number of rotatable bonds is 9. The van der Waals surface area contributed by atoms with E-state index in [0.29, 0.717) is 43.3 Å². The van der Waals surface area contributed by atoms with E-state index in [9.17, 15) is 9.18 Å². The molecule has 164 valence electrons. The van der Waals surface area contributed by atoms with Crippen LogP contribution in [0.3, 0.4) is 0 Å². The predicted molar refractivity (Wildman–Crippen MR) is 121 cm³/mol. The first-order chi connectivity index (χ1) is 14.6. The highest BCUT2D eigenvalue weighted by molar-refractivity contribution is 5.94. The second kappa shape index (κ2) is 11.9. The Hall–Kier alpha value is -3.09. The van der Waals surface area contributed by atoms with Gasteiger partial charge in [0.25, 0.3) is 5.91 Å². The van der Waals surface area contributed by atoms with Crippen LogP contribution < -0.4 is 15.2 Å². The molecule has 0 saturated carbocycles. The van der Waals surface area contributed by atoms with Crippen LogP contribution in [0.2, 0.25) is 0 Å². The Morgan fingerprint density at radius 2 is 1.68 bits per heavy atom. The van der Waals surface area contributed by atoms with Crippen molar-refractivity contribution in [2.24, 2.45) is 5.73 Å². The number of carbonyl (C=O) groups excluding carboxylic acids is 1. The maximum atomic E-state index is 13.2. The molecule has 1 amide bonds. The lowest BCUT2D eigenvalue weighted by Gasteiger charge is -2.23. The van der Waals surface area contributed by atoms with E-state index in [0.717, 1.165) is 11.1 Å². The largest absolute Gasteiger partial charge is 0.493 e. The van der Waals surface area contributed by atoms with Crippen LogP contribution in [0.15, 0.2) is 72.8 Å². The number of amides is 1. The molecule has 0 fully saturated rings. The van der Waals surface area contributed by atoms with Gasteiger partial charge in [-0.2, -0.15) is 0 Å². The summed E-state index contributed by atoms with van der Waals surface area (Å²) in [5, 5.41) is 0. The molecule has 3 rings (SSSR count). The van der Waals surface area contributed by atoms with Crippen LogP contribution in [-0.4, -0.2) is 31.0 Å². The number of hydrogen-bond donors (Lipinski definition) is 1. The molecule has 3 aromatic carbocycles. The van der Waals surface area contributed by atoms with Gasteiger partial charge in [-0.25, -0.2) is 4.39 Å². The van der Waals surface area contributed by atoms with Gasteiger partial charge in [0, 0.05) is 25.2 Å². The predicted octanol–water partition coefficient (Wildman–Crippen LogP) is 4.44. The van der Waals surface area contributed by atoms with Gasteiger partial charge in [0.15, 0.2) is 11.5 Å². The third-order valence-corrected chi connectivity index (χ3v) is 4.62. The van der Waals surface area contributed by atoms with E-state index in [1.165, 1.54) is 24.3 Å². The first kappa shape index (κ1) is 24.2. The molecule has 31 heavy (non-hydrogen) atoms. The summed E-state index contributed by atoms with van der Waals surface area (Å²) < 4.78 is 24.5. The van der Waals surface area contributed by atoms with E-state index in [-0.39, 0.29) is 24.1 Å². The van der Waals surface area contributed by atoms with Crippen molar-refractivity contribution >= 4 is 18.3 Å². The highest BCUT2D eigenvalue weighted by atomic mass is 35.5. The zero-order chi connectivity index (χ0) is 21.3. The minimum Gasteiger partial charge on any atom is -0.493 e. The van der Waals surface area contributed by atoms with Crippen molar-refractivity contribution in [2.75, 3.05) is 20.2 Å². The number of methoxy groups -OCH3 is 1. The second-order valence-electron chi connectivity index (χ2n) is 6.78. The Labute approximate surface area is 188 Å². The molecule has 0 aliphatic carbocycles. The lowest BCUT2D eigenvalue weighted by atomic mass is 10.1. The Bertz CT molecular complexity index is 968. The fourth-order valence-corrected chi connectivity index (χ4v) is 3.07. The van der Waals surface area contributed by atoms with E-state index < -0.39 is 0 Å². The van der Waals surface area contributed by atoms with Crippen LogP contribution in [0.25, 0.3) is 0 Å². The van der Waals surface area contributed by atoms with Gasteiger partial charge in [-0.05, 0) is 47.5 Å². The van der Waals surface area contributed by atoms with Crippen LogP contribution in [0.4, 0.5) is 4.39 Å². The third kappa shape index (κ3) is 6.70. The minimum atomic E-state index is -0.382.